The third-order valence-corrected chi connectivity index (χ3v) is 3.35. The van der Waals surface area contributed by atoms with Gasteiger partial charge >= 0.3 is 0 Å². The van der Waals surface area contributed by atoms with Gasteiger partial charge in [-0.15, -0.1) is 0 Å². The summed E-state index contributed by atoms with van der Waals surface area (Å²) in [5.74, 6) is 1.00. The van der Waals surface area contributed by atoms with E-state index in [4.69, 9.17) is 5.73 Å². The van der Waals surface area contributed by atoms with E-state index in [-0.39, 0.29) is 0 Å². The van der Waals surface area contributed by atoms with Crippen molar-refractivity contribution in [2.75, 3.05) is 5.73 Å². The molecule has 0 atom stereocenters. The Balaban J connectivity index is 1.76. The van der Waals surface area contributed by atoms with Gasteiger partial charge in [0.25, 0.3) is 0 Å². The van der Waals surface area contributed by atoms with Gasteiger partial charge in [0.2, 0.25) is 0 Å². The number of hydrogen-bond donors (Lipinski definition) is 1. The average molecular weight is 193 g/mol. The van der Waals surface area contributed by atoms with Crippen LogP contribution in [0.3, 0.4) is 0 Å². The van der Waals surface area contributed by atoms with E-state index in [9.17, 15) is 0 Å². The zero-order valence-corrected chi connectivity index (χ0v) is 8.87. The van der Waals surface area contributed by atoms with Gasteiger partial charge in [0, 0.05) is 6.54 Å². The lowest BCUT2D eigenvalue weighted by Gasteiger charge is -2.25. The molecule has 1 saturated carbocycles. The molecule has 0 radical (unpaired) electrons. The van der Waals surface area contributed by atoms with Gasteiger partial charge in [-0.2, -0.15) is 5.10 Å². The van der Waals surface area contributed by atoms with E-state index in [0.29, 0.717) is 0 Å². The first-order chi connectivity index (χ1) is 6.77. The van der Waals surface area contributed by atoms with Crippen molar-refractivity contribution in [3.8, 4) is 0 Å². The number of rotatable bonds is 4. The lowest BCUT2D eigenvalue weighted by atomic mass is 9.82. The molecule has 1 aliphatic carbocycles. The number of aromatic nitrogens is 2. The van der Waals surface area contributed by atoms with Crippen molar-refractivity contribution in [1.29, 1.82) is 0 Å². The van der Waals surface area contributed by atoms with Crippen LogP contribution in [-0.2, 0) is 6.54 Å². The summed E-state index contributed by atoms with van der Waals surface area (Å²) < 4.78 is 2.02. The maximum absolute atomic E-state index is 5.73. The van der Waals surface area contributed by atoms with E-state index in [1.54, 1.807) is 6.20 Å². The molecule has 3 heteroatoms. The topological polar surface area (TPSA) is 43.8 Å². The Morgan fingerprint density at radius 3 is 2.86 bits per heavy atom. The maximum atomic E-state index is 5.73. The standard InChI is InChI=1S/C11H19N3/c1-9-11(12)8-13-14(9)7-3-6-10-4-2-5-10/h8,10H,2-7,12H2,1H3. The normalized spacial score (nSPS) is 16.9. The van der Waals surface area contributed by atoms with E-state index in [2.05, 4.69) is 5.10 Å². The Labute approximate surface area is 85.3 Å². The first-order valence-electron chi connectivity index (χ1n) is 5.55. The molecular formula is C11H19N3. The first-order valence-corrected chi connectivity index (χ1v) is 5.55. The lowest BCUT2D eigenvalue weighted by Crippen LogP contribution is -2.12. The van der Waals surface area contributed by atoms with Crippen molar-refractivity contribution in [3.63, 3.8) is 0 Å². The number of anilines is 1. The van der Waals surface area contributed by atoms with Crippen molar-refractivity contribution < 1.29 is 0 Å². The highest BCUT2D eigenvalue weighted by molar-refractivity contribution is 5.39. The van der Waals surface area contributed by atoms with Crippen molar-refractivity contribution in [2.45, 2.75) is 45.6 Å². The summed E-state index contributed by atoms with van der Waals surface area (Å²) in [6.45, 7) is 3.06. The van der Waals surface area contributed by atoms with Crippen LogP contribution in [0.25, 0.3) is 0 Å². The molecule has 1 heterocycles. The van der Waals surface area contributed by atoms with Gasteiger partial charge in [0.05, 0.1) is 17.6 Å². The predicted octanol–water partition coefficient (Wildman–Crippen LogP) is 2.35. The van der Waals surface area contributed by atoms with Gasteiger partial charge in [0.15, 0.2) is 0 Å². The minimum Gasteiger partial charge on any atom is -0.396 e. The van der Waals surface area contributed by atoms with Crippen LogP contribution in [0.5, 0.6) is 0 Å². The number of nitrogens with zero attached hydrogens (tertiary/aromatic N) is 2. The zero-order chi connectivity index (χ0) is 9.97. The van der Waals surface area contributed by atoms with Crippen LogP contribution in [0.15, 0.2) is 6.20 Å². The van der Waals surface area contributed by atoms with Crippen LogP contribution in [0.1, 0.15) is 37.8 Å². The second-order valence-corrected chi connectivity index (χ2v) is 4.35. The minimum atomic E-state index is 0.814. The van der Waals surface area contributed by atoms with E-state index in [1.807, 2.05) is 11.6 Å². The Morgan fingerprint density at radius 2 is 2.36 bits per heavy atom. The van der Waals surface area contributed by atoms with Crippen LogP contribution in [0.4, 0.5) is 5.69 Å². The largest absolute Gasteiger partial charge is 0.396 e. The quantitative estimate of drug-likeness (QED) is 0.797. The molecule has 14 heavy (non-hydrogen) atoms. The molecule has 1 aromatic heterocycles. The monoisotopic (exact) mass is 193 g/mol. The molecule has 0 amide bonds. The van der Waals surface area contributed by atoms with Crippen LogP contribution < -0.4 is 5.73 Å². The van der Waals surface area contributed by atoms with Crippen LogP contribution in [0.2, 0.25) is 0 Å². The second-order valence-electron chi connectivity index (χ2n) is 4.35. The van der Waals surface area contributed by atoms with Crippen LogP contribution in [-0.4, -0.2) is 9.78 Å². The molecule has 0 saturated heterocycles. The van der Waals surface area contributed by atoms with E-state index in [0.717, 1.165) is 23.8 Å². The fraction of sp³-hybridized carbons (Fsp3) is 0.727. The van der Waals surface area contributed by atoms with Crippen molar-refractivity contribution in [2.24, 2.45) is 5.92 Å². The van der Waals surface area contributed by atoms with Crippen LogP contribution in [0, 0.1) is 12.8 Å². The highest BCUT2D eigenvalue weighted by Crippen LogP contribution is 2.30. The summed E-state index contributed by atoms with van der Waals surface area (Å²) in [6.07, 6.45) is 8.68. The lowest BCUT2D eigenvalue weighted by molar-refractivity contribution is 0.282. The van der Waals surface area contributed by atoms with Crippen molar-refractivity contribution >= 4 is 5.69 Å². The van der Waals surface area contributed by atoms with Gasteiger partial charge in [0.1, 0.15) is 0 Å². The second kappa shape index (κ2) is 4.03. The molecule has 0 bridgehead atoms. The van der Waals surface area contributed by atoms with E-state index >= 15 is 0 Å². The molecule has 0 aliphatic heterocycles. The Kier molecular flexibility index (Phi) is 2.75. The molecule has 0 spiro atoms. The predicted molar refractivity (Wildman–Crippen MR) is 58.0 cm³/mol. The zero-order valence-electron chi connectivity index (χ0n) is 8.87. The van der Waals surface area contributed by atoms with Crippen LogP contribution >= 0.6 is 0 Å². The summed E-state index contributed by atoms with van der Waals surface area (Å²) in [4.78, 5) is 0. The van der Waals surface area contributed by atoms with Crippen molar-refractivity contribution in [1.82, 2.24) is 9.78 Å². The SMILES string of the molecule is Cc1c(N)cnn1CCCC1CCC1. The fourth-order valence-electron chi connectivity index (χ4n) is 2.00. The summed E-state index contributed by atoms with van der Waals surface area (Å²) >= 11 is 0. The average Bonchev–Trinajstić information content (AvgIpc) is 2.40. The number of aryl methyl sites for hydroxylation is 1. The molecule has 0 unspecified atom stereocenters. The highest BCUT2D eigenvalue weighted by atomic mass is 15.3. The molecular weight excluding hydrogens is 174 g/mol. The molecule has 2 N–H and O–H groups in total. The summed E-state index contributed by atoms with van der Waals surface area (Å²) in [5.41, 5.74) is 7.65. The van der Waals surface area contributed by atoms with Gasteiger partial charge in [-0.1, -0.05) is 19.3 Å². The molecule has 0 aromatic carbocycles. The Morgan fingerprint density at radius 1 is 1.57 bits per heavy atom. The van der Waals surface area contributed by atoms with Crippen molar-refractivity contribution in [3.05, 3.63) is 11.9 Å². The molecule has 1 aliphatic rings. The fourth-order valence-corrected chi connectivity index (χ4v) is 2.00. The molecule has 2 rings (SSSR count). The Bertz CT molecular complexity index is 299. The van der Waals surface area contributed by atoms with Gasteiger partial charge in [-0.05, 0) is 25.7 Å². The summed E-state index contributed by atoms with van der Waals surface area (Å²) in [7, 11) is 0. The summed E-state index contributed by atoms with van der Waals surface area (Å²) in [5, 5.41) is 4.25. The molecule has 3 nitrogen and oxygen atoms in total. The smallest absolute Gasteiger partial charge is 0.0730 e. The van der Waals surface area contributed by atoms with E-state index < -0.39 is 0 Å². The van der Waals surface area contributed by atoms with Gasteiger partial charge < -0.3 is 5.73 Å². The minimum absolute atomic E-state index is 0.814. The number of nitrogen functional groups attached to an aromatic ring is 1. The summed E-state index contributed by atoms with van der Waals surface area (Å²) in [6, 6.07) is 0. The molecule has 78 valence electrons. The third kappa shape index (κ3) is 1.91. The maximum Gasteiger partial charge on any atom is 0.0730 e. The number of nitrogens with two attached hydrogens (primary N) is 1. The van der Waals surface area contributed by atoms with Gasteiger partial charge in [-0.3, -0.25) is 4.68 Å². The number of hydrogen-bond acceptors (Lipinski definition) is 2. The molecule has 1 aromatic rings. The van der Waals surface area contributed by atoms with Gasteiger partial charge in [-0.25, -0.2) is 0 Å². The molecule has 1 fully saturated rings. The Hall–Kier alpha value is -0.990. The van der Waals surface area contributed by atoms with E-state index in [1.165, 1.54) is 32.1 Å². The highest BCUT2D eigenvalue weighted by Gasteiger charge is 2.16. The first kappa shape index (κ1) is 9.56. The third-order valence-electron chi connectivity index (χ3n) is 3.35.